The summed E-state index contributed by atoms with van der Waals surface area (Å²) in [5.74, 6) is -0.0379. The van der Waals surface area contributed by atoms with E-state index in [9.17, 15) is 4.79 Å². The Morgan fingerprint density at radius 2 is 2.23 bits per heavy atom. The highest BCUT2D eigenvalue weighted by Crippen LogP contribution is 2.48. The summed E-state index contributed by atoms with van der Waals surface area (Å²) in [5.41, 5.74) is 0.427. The van der Waals surface area contributed by atoms with Crippen LogP contribution in [0.2, 0.25) is 0 Å². The molecule has 0 aliphatic heterocycles. The third kappa shape index (κ3) is 3.18. The Kier molecular flexibility index (Phi) is 3.60. The van der Waals surface area contributed by atoms with Crippen LogP contribution in [0.1, 0.15) is 39.5 Å². The lowest BCUT2D eigenvalue weighted by Crippen LogP contribution is -2.34. The molecule has 1 amide bonds. The van der Waals surface area contributed by atoms with E-state index >= 15 is 0 Å². The van der Waals surface area contributed by atoms with Crippen LogP contribution in [-0.2, 0) is 4.79 Å². The minimum absolute atomic E-state index is 0.0379. The lowest BCUT2D eigenvalue weighted by atomic mass is 10.0. The van der Waals surface area contributed by atoms with Gasteiger partial charge in [-0.15, -0.1) is 11.6 Å². The first-order valence-corrected chi connectivity index (χ1v) is 5.45. The van der Waals surface area contributed by atoms with Crippen LogP contribution in [0.3, 0.4) is 0 Å². The molecule has 1 atom stereocenters. The fraction of sp³-hybridized carbons (Fsp3) is 0.900. The molecule has 0 aromatic carbocycles. The van der Waals surface area contributed by atoms with E-state index in [0.717, 1.165) is 6.54 Å². The van der Waals surface area contributed by atoms with E-state index in [1.807, 2.05) is 0 Å². The number of carbonyl (C=O) groups excluding carboxylic acids is 1. The number of rotatable bonds is 5. The molecule has 1 aliphatic carbocycles. The van der Waals surface area contributed by atoms with Crippen LogP contribution >= 0.6 is 11.6 Å². The molecule has 0 spiro atoms. The summed E-state index contributed by atoms with van der Waals surface area (Å²) in [5, 5.41) is 2.49. The maximum atomic E-state index is 11.2. The largest absolute Gasteiger partial charge is 0.354 e. The molecule has 3 heteroatoms. The van der Waals surface area contributed by atoms with Crippen LogP contribution in [0.25, 0.3) is 0 Å². The van der Waals surface area contributed by atoms with Crippen molar-refractivity contribution >= 4 is 17.5 Å². The Morgan fingerprint density at radius 3 is 2.62 bits per heavy atom. The second-order valence-electron chi connectivity index (χ2n) is 4.08. The maximum Gasteiger partial charge on any atom is 0.237 e. The number of halogens is 1. The Bertz CT molecular complexity index is 187. The summed E-state index contributed by atoms with van der Waals surface area (Å²) in [6.45, 7) is 4.71. The number of hydrogen-bond acceptors (Lipinski definition) is 1. The van der Waals surface area contributed by atoms with Crippen molar-refractivity contribution in [2.75, 3.05) is 6.54 Å². The average molecular weight is 204 g/mol. The fourth-order valence-electron chi connectivity index (χ4n) is 1.64. The molecule has 2 nitrogen and oxygen atoms in total. The molecule has 0 aromatic heterocycles. The van der Waals surface area contributed by atoms with Crippen LogP contribution < -0.4 is 5.32 Å². The zero-order valence-corrected chi connectivity index (χ0v) is 9.16. The molecule has 1 N–H and O–H groups in total. The average Bonchev–Trinajstić information content (AvgIpc) is 2.82. The summed E-state index contributed by atoms with van der Waals surface area (Å²) >= 11 is 5.64. The van der Waals surface area contributed by atoms with E-state index in [0.29, 0.717) is 5.41 Å². The van der Waals surface area contributed by atoms with Gasteiger partial charge in [0.05, 0.1) is 0 Å². The lowest BCUT2D eigenvalue weighted by molar-refractivity contribution is -0.120. The van der Waals surface area contributed by atoms with Gasteiger partial charge in [0.15, 0.2) is 0 Å². The van der Waals surface area contributed by atoms with Gasteiger partial charge in [-0.2, -0.15) is 0 Å². The fourth-order valence-corrected chi connectivity index (χ4v) is 1.71. The van der Waals surface area contributed by atoms with Gasteiger partial charge in [0, 0.05) is 6.54 Å². The van der Waals surface area contributed by atoms with Gasteiger partial charge in [0.2, 0.25) is 5.91 Å². The van der Waals surface area contributed by atoms with Gasteiger partial charge in [-0.3, -0.25) is 4.79 Å². The van der Waals surface area contributed by atoms with Gasteiger partial charge in [0.1, 0.15) is 5.38 Å². The van der Waals surface area contributed by atoms with Gasteiger partial charge in [-0.25, -0.2) is 0 Å². The first kappa shape index (κ1) is 10.8. The highest BCUT2D eigenvalue weighted by atomic mass is 35.5. The van der Waals surface area contributed by atoms with E-state index in [2.05, 4.69) is 12.2 Å². The molecule has 0 bridgehead atoms. The summed E-state index contributed by atoms with van der Waals surface area (Å²) in [7, 11) is 0. The van der Waals surface area contributed by atoms with Crippen molar-refractivity contribution in [2.24, 2.45) is 5.41 Å². The molecule has 13 heavy (non-hydrogen) atoms. The van der Waals surface area contributed by atoms with Gasteiger partial charge >= 0.3 is 0 Å². The predicted molar refractivity (Wildman–Crippen MR) is 54.9 cm³/mol. The molecule has 1 saturated carbocycles. The van der Waals surface area contributed by atoms with Gasteiger partial charge in [-0.1, -0.05) is 13.3 Å². The Hall–Kier alpha value is -0.240. The van der Waals surface area contributed by atoms with Crippen LogP contribution in [0.5, 0.6) is 0 Å². The minimum Gasteiger partial charge on any atom is -0.354 e. The van der Waals surface area contributed by atoms with E-state index in [-0.39, 0.29) is 5.91 Å². The van der Waals surface area contributed by atoms with Crippen molar-refractivity contribution in [1.29, 1.82) is 0 Å². The second-order valence-corrected chi connectivity index (χ2v) is 4.74. The summed E-state index contributed by atoms with van der Waals surface area (Å²) in [4.78, 5) is 11.2. The molecule has 1 aliphatic rings. The van der Waals surface area contributed by atoms with Crippen LogP contribution in [-0.4, -0.2) is 17.8 Å². The van der Waals surface area contributed by atoms with Crippen LogP contribution in [0.4, 0.5) is 0 Å². The standard InChI is InChI=1S/C10H18ClNO/c1-3-4-10(5-6-10)7-12-9(13)8(2)11/h8H,3-7H2,1-2H3,(H,12,13). The van der Waals surface area contributed by atoms with Gasteiger partial charge in [0.25, 0.3) is 0 Å². The van der Waals surface area contributed by atoms with Crippen molar-refractivity contribution in [2.45, 2.75) is 44.9 Å². The minimum atomic E-state index is -0.405. The molecule has 1 unspecified atom stereocenters. The van der Waals surface area contributed by atoms with E-state index in [4.69, 9.17) is 11.6 Å². The second kappa shape index (κ2) is 4.32. The van der Waals surface area contributed by atoms with Crippen molar-refractivity contribution in [3.05, 3.63) is 0 Å². The third-order valence-electron chi connectivity index (χ3n) is 2.74. The van der Waals surface area contributed by atoms with Gasteiger partial charge in [-0.05, 0) is 31.6 Å². The molecule has 1 rings (SSSR count). The number of amides is 1. The zero-order chi connectivity index (χ0) is 9.90. The molecular weight excluding hydrogens is 186 g/mol. The number of carbonyl (C=O) groups is 1. The first-order chi connectivity index (χ1) is 6.09. The normalized spacial score (nSPS) is 20.8. The smallest absolute Gasteiger partial charge is 0.237 e. The Morgan fingerprint density at radius 1 is 1.62 bits per heavy atom. The van der Waals surface area contributed by atoms with Crippen LogP contribution in [0.15, 0.2) is 0 Å². The summed E-state index contributed by atoms with van der Waals surface area (Å²) in [6.07, 6.45) is 4.95. The Labute approximate surface area is 85.0 Å². The van der Waals surface area contributed by atoms with Gasteiger partial charge < -0.3 is 5.32 Å². The maximum absolute atomic E-state index is 11.2. The topological polar surface area (TPSA) is 29.1 Å². The van der Waals surface area contributed by atoms with E-state index in [1.165, 1.54) is 25.7 Å². The predicted octanol–water partition coefficient (Wildman–Crippen LogP) is 2.31. The number of alkyl halides is 1. The zero-order valence-electron chi connectivity index (χ0n) is 8.40. The molecule has 0 saturated heterocycles. The quantitative estimate of drug-likeness (QED) is 0.683. The van der Waals surface area contributed by atoms with Crippen LogP contribution in [0, 0.1) is 5.41 Å². The summed E-state index contributed by atoms with van der Waals surface area (Å²) < 4.78 is 0. The monoisotopic (exact) mass is 203 g/mol. The lowest BCUT2D eigenvalue weighted by Gasteiger charge is -2.15. The van der Waals surface area contributed by atoms with Crippen molar-refractivity contribution < 1.29 is 4.79 Å². The first-order valence-electron chi connectivity index (χ1n) is 5.01. The van der Waals surface area contributed by atoms with E-state index in [1.54, 1.807) is 6.92 Å². The molecule has 1 fully saturated rings. The van der Waals surface area contributed by atoms with Crippen molar-refractivity contribution in [1.82, 2.24) is 5.32 Å². The molecule has 0 aromatic rings. The number of nitrogens with one attached hydrogen (secondary N) is 1. The molecule has 0 radical (unpaired) electrons. The molecular formula is C10H18ClNO. The molecule has 0 heterocycles. The third-order valence-corrected chi connectivity index (χ3v) is 2.93. The number of hydrogen-bond donors (Lipinski definition) is 1. The summed E-state index contributed by atoms with van der Waals surface area (Å²) in [6, 6.07) is 0. The molecule has 76 valence electrons. The SMILES string of the molecule is CCCC1(CNC(=O)C(C)Cl)CC1. The highest BCUT2D eigenvalue weighted by molar-refractivity contribution is 6.30. The Balaban J connectivity index is 2.22. The van der Waals surface area contributed by atoms with Crippen molar-refractivity contribution in [3.8, 4) is 0 Å². The highest BCUT2D eigenvalue weighted by Gasteiger charge is 2.41. The van der Waals surface area contributed by atoms with E-state index < -0.39 is 5.38 Å². The van der Waals surface area contributed by atoms with Crippen molar-refractivity contribution in [3.63, 3.8) is 0 Å².